The van der Waals surface area contributed by atoms with Crippen LogP contribution >= 0.6 is 12.4 Å². The highest BCUT2D eigenvalue weighted by Gasteiger charge is 2.08. The van der Waals surface area contributed by atoms with Crippen molar-refractivity contribution >= 4 is 45.8 Å². The number of anilines is 2. The largest absolute Gasteiger partial charge is 0.340 e. The molecule has 0 fully saturated rings. The first kappa shape index (κ1) is 16.9. The van der Waals surface area contributed by atoms with Gasteiger partial charge >= 0.3 is 0 Å². The van der Waals surface area contributed by atoms with E-state index in [2.05, 4.69) is 30.2 Å². The zero-order valence-electron chi connectivity index (χ0n) is 14.1. The fourth-order valence-corrected chi connectivity index (χ4v) is 2.95. The number of para-hydroxylation sites is 1. The number of hydrogen-bond acceptors (Lipinski definition) is 5. The van der Waals surface area contributed by atoms with E-state index >= 15 is 0 Å². The summed E-state index contributed by atoms with van der Waals surface area (Å²) in [6, 6.07) is 19.7. The van der Waals surface area contributed by atoms with Crippen LogP contribution in [0.4, 0.5) is 11.5 Å². The van der Waals surface area contributed by atoms with Crippen molar-refractivity contribution in [1.82, 2.24) is 24.9 Å². The summed E-state index contributed by atoms with van der Waals surface area (Å²) in [5.74, 6) is 1.53. The maximum absolute atomic E-state index is 4.61. The number of rotatable bonds is 3. The maximum Gasteiger partial charge on any atom is 0.157 e. The highest BCUT2D eigenvalue weighted by molar-refractivity contribution is 5.91. The topological polar surface area (TPSA) is 79.4 Å². The van der Waals surface area contributed by atoms with Crippen LogP contribution in [-0.2, 0) is 0 Å². The van der Waals surface area contributed by atoms with Gasteiger partial charge in [0.25, 0.3) is 0 Å². The molecule has 5 aromatic rings. The van der Waals surface area contributed by atoms with Gasteiger partial charge in [-0.25, -0.2) is 15.0 Å². The third-order valence-electron chi connectivity index (χ3n) is 4.19. The highest BCUT2D eigenvalue weighted by atomic mass is 35.5. The highest BCUT2D eigenvalue weighted by Crippen LogP contribution is 2.26. The van der Waals surface area contributed by atoms with Crippen LogP contribution in [0.2, 0.25) is 0 Å². The molecule has 0 unspecified atom stereocenters. The minimum atomic E-state index is 0. The van der Waals surface area contributed by atoms with Crippen molar-refractivity contribution in [1.29, 1.82) is 0 Å². The molecule has 0 aliphatic carbocycles. The number of hydrogen-bond donors (Lipinski definition) is 2. The molecule has 3 aromatic heterocycles. The number of halogens is 1. The molecule has 7 heteroatoms. The molecule has 0 amide bonds. The van der Waals surface area contributed by atoms with Gasteiger partial charge < -0.3 is 10.3 Å². The van der Waals surface area contributed by atoms with Crippen LogP contribution in [0.1, 0.15) is 0 Å². The molecule has 2 N–H and O–H groups in total. The number of pyridine rings is 1. The molecule has 0 aliphatic heterocycles. The van der Waals surface area contributed by atoms with Gasteiger partial charge in [0.05, 0.1) is 16.6 Å². The lowest BCUT2D eigenvalue weighted by molar-refractivity contribution is 1.22. The van der Waals surface area contributed by atoms with Crippen molar-refractivity contribution in [2.24, 2.45) is 0 Å². The molecular formula is C20H15ClN6. The summed E-state index contributed by atoms with van der Waals surface area (Å²) in [4.78, 5) is 21.0. The van der Waals surface area contributed by atoms with E-state index in [0.717, 1.165) is 45.0 Å². The molecule has 0 saturated heterocycles. The Balaban J connectivity index is 0.00000180. The summed E-state index contributed by atoms with van der Waals surface area (Å²) in [6.45, 7) is 0. The summed E-state index contributed by atoms with van der Waals surface area (Å²) >= 11 is 0. The van der Waals surface area contributed by atoms with E-state index in [1.54, 1.807) is 12.5 Å². The Morgan fingerprint density at radius 1 is 0.815 bits per heavy atom. The summed E-state index contributed by atoms with van der Waals surface area (Å²) in [6.07, 6.45) is 3.33. The van der Waals surface area contributed by atoms with E-state index in [1.807, 2.05) is 60.7 Å². The lowest BCUT2D eigenvalue weighted by Crippen LogP contribution is -1.95. The molecule has 0 radical (unpaired) electrons. The molecule has 0 bridgehead atoms. The Labute approximate surface area is 161 Å². The number of aromatic amines is 1. The van der Waals surface area contributed by atoms with Crippen LogP contribution in [0, 0.1) is 0 Å². The summed E-state index contributed by atoms with van der Waals surface area (Å²) in [7, 11) is 0. The zero-order chi connectivity index (χ0) is 17.3. The number of nitrogens with zero attached hydrogens (tertiary/aromatic N) is 4. The Hall–Kier alpha value is -3.51. The standard InChI is InChI=1S/C20H14N6.ClH/c1-2-6-15-14(5-1)19(23-12-22-15)24-13-8-9-16-18(11-13)26-20(25-16)17-7-3-4-10-21-17;/h1-12H,(H,25,26)(H,22,23,24);1H. The fourth-order valence-electron chi connectivity index (χ4n) is 2.95. The predicted octanol–water partition coefficient (Wildman–Crippen LogP) is 4.73. The molecule has 2 aromatic carbocycles. The Morgan fingerprint density at radius 2 is 1.70 bits per heavy atom. The van der Waals surface area contributed by atoms with Gasteiger partial charge in [0.2, 0.25) is 0 Å². The van der Waals surface area contributed by atoms with Crippen molar-refractivity contribution in [3.05, 3.63) is 73.2 Å². The molecule has 0 saturated carbocycles. The van der Waals surface area contributed by atoms with Crippen LogP contribution in [0.3, 0.4) is 0 Å². The number of nitrogens with one attached hydrogen (secondary N) is 2. The minimum Gasteiger partial charge on any atom is -0.340 e. The third-order valence-corrected chi connectivity index (χ3v) is 4.19. The van der Waals surface area contributed by atoms with Gasteiger partial charge in [-0.05, 0) is 42.5 Å². The molecule has 0 aliphatic rings. The van der Waals surface area contributed by atoms with Gasteiger partial charge in [-0.2, -0.15) is 0 Å². The van der Waals surface area contributed by atoms with Crippen molar-refractivity contribution in [3.63, 3.8) is 0 Å². The van der Waals surface area contributed by atoms with Crippen LogP contribution in [0.15, 0.2) is 73.2 Å². The van der Waals surface area contributed by atoms with E-state index in [-0.39, 0.29) is 12.4 Å². The van der Waals surface area contributed by atoms with Crippen molar-refractivity contribution in [2.45, 2.75) is 0 Å². The quantitative estimate of drug-likeness (QED) is 0.477. The molecule has 132 valence electrons. The van der Waals surface area contributed by atoms with Crippen molar-refractivity contribution in [2.75, 3.05) is 5.32 Å². The second kappa shape index (κ2) is 7.01. The second-order valence-corrected chi connectivity index (χ2v) is 5.90. The first-order chi connectivity index (χ1) is 12.9. The van der Waals surface area contributed by atoms with Gasteiger partial charge in [-0.3, -0.25) is 4.98 Å². The van der Waals surface area contributed by atoms with Gasteiger partial charge in [0, 0.05) is 17.3 Å². The molecule has 3 heterocycles. The van der Waals surface area contributed by atoms with Crippen molar-refractivity contribution < 1.29 is 0 Å². The van der Waals surface area contributed by atoms with Crippen LogP contribution in [0.5, 0.6) is 0 Å². The summed E-state index contributed by atoms with van der Waals surface area (Å²) in [5, 5.41) is 4.35. The number of imidazole rings is 1. The lowest BCUT2D eigenvalue weighted by atomic mass is 10.2. The van der Waals surface area contributed by atoms with E-state index in [1.165, 1.54) is 0 Å². The molecular weight excluding hydrogens is 360 g/mol. The minimum absolute atomic E-state index is 0. The van der Waals surface area contributed by atoms with Crippen LogP contribution < -0.4 is 5.32 Å². The summed E-state index contributed by atoms with van der Waals surface area (Å²) in [5.41, 5.74) is 4.49. The molecule has 27 heavy (non-hydrogen) atoms. The molecule has 0 spiro atoms. The molecule has 6 nitrogen and oxygen atoms in total. The monoisotopic (exact) mass is 374 g/mol. The van der Waals surface area contributed by atoms with Crippen LogP contribution in [-0.4, -0.2) is 24.9 Å². The number of aromatic nitrogens is 5. The van der Waals surface area contributed by atoms with E-state index < -0.39 is 0 Å². The maximum atomic E-state index is 4.61. The van der Waals surface area contributed by atoms with E-state index in [9.17, 15) is 0 Å². The number of benzene rings is 2. The first-order valence-electron chi connectivity index (χ1n) is 8.25. The van der Waals surface area contributed by atoms with Gasteiger partial charge in [0.15, 0.2) is 5.82 Å². The van der Waals surface area contributed by atoms with Gasteiger partial charge in [-0.1, -0.05) is 18.2 Å². The van der Waals surface area contributed by atoms with Crippen LogP contribution in [0.25, 0.3) is 33.5 Å². The average molecular weight is 375 g/mol. The SMILES string of the molecule is Cl.c1ccc(-c2nc3ccc(Nc4ncnc5ccccc45)cc3[nH]2)nc1. The Morgan fingerprint density at radius 3 is 2.59 bits per heavy atom. The Kier molecular flexibility index (Phi) is 4.40. The predicted molar refractivity (Wildman–Crippen MR) is 109 cm³/mol. The lowest BCUT2D eigenvalue weighted by Gasteiger charge is -2.08. The number of H-pyrrole nitrogens is 1. The first-order valence-corrected chi connectivity index (χ1v) is 8.25. The van der Waals surface area contributed by atoms with Crippen molar-refractivity contribution in [3.8, 4) is 11.5 Å². The fraction of sp³-hybridized carbons (Fsp3) is 0. The van der Waals surface area contributed by atoms with E-state index in [0.29, 0.717) is 0 Å². The zero-order valence-corrected chi connectivity index (χ0v) is 14.9. The average Bonchev–Trinajstić information content (AvgIpc) is 3.12. The molecule has 0 atom stereocenters. The smallest absolute Gasteiger partial charge is 0.157 e. The third kappa shape index (κ3) is 3.18. The second-order valence-electron chi connectivity index (χ2n) is 5.90. The number of fused-ring (bicyclic) bond motifs is 2. The summed E-state index contributed by atoms with van der Waals surface area (Å²) < 4.78 is 0. The van der Waals surface area contributed by atoms with E-state index in [4.69, 9.17) is 0 Å². The Bertz CT molecular complexity index is 1210. The van der Waals surface area contributed by atoms with Gasteiger partial charge in [-0.15, -0.1) is 12.4 Å². The van der Waals surface area contributed by atoms with Gasteiger partial charge in [0.1, 0.15) is 17.8 Å². The normalized spacial score (nSPS) is 10.7. The molecule has 5 rings (SSSR count).